The second kappa shape index (κ2) is 4.03. The van der Waals surface area contributed by atoms with Gasteiger partial charge in [0.1, 0.15) is 0 Å². The molecule has 0 aliphatic rings. The van der Waals surface area contributed by atoms with E-state index in [1.807, 2.05) is 26.0 Å². The van der Waals surface area contributed by atoms with E-state index in [0.29, 0.717) is 18.0 Å². The number of nitrogens with zero attached hydrogens (tertiary/aromatic N) is 2. The van der Waals surface area contributed by atoms with Gasteiger partial charge in [-0.2, -0.15) is 4.09 Å². The molecule has 0 amide bonds. The highest BCUT2D eigenvalue weighted by Crippen LogP contribution is 2.26. The van der Waals surface area contributed by atoms with Crippen LogP contribution in [0.25, 0.3) is 10.9 Å². The number of rotatable bonds is 3. The first-order valence-corrected chi connectivity index (χ1v) is 7.11. The minimum absolute atomic E-state index is 0.358. The van der Waals surface area contributed by atoms with Gasteiger partial charge in [-0.25, -0.2) is 8.42 Å². The molecule has 17 heavy (non-hydrogen) atoms. The van der Waals surface area contributed by atoms with Gasteiger partial charge in [-0.3, -0.25) is 0 Å². The summed E-state index contributed by atoms with van der Waals surface area (Å²) in [5.74, 6) is 0.358. The molecule has 2 aromatic rings. The average molecular weight is 254 g/mol. The SMILES string of the molecule is CCOc1nn(S(C)(=O)=O)c2ccc(C)cc12. The molecule has 0 atom stereocenters. The molecule has 0 saturated carbocycles. The number of benzene rings is 1. The Bertz CT molecular complexity index is 659. The summed E-state index contributed by atoms with van der Waals surface area (Å²) in [4.78, 5) is 0. The van der Waals surface area contributed by atoms with E-state index in [-0.39, 0.29) is 0 Å². The molecule has 1 heterocycles. The number of fused-ring (bicyclic) bond motifs is 1. The van der Waals surface area contributed by atoms with Crippen LogP contribution >= 0.6 is 0 Å². The van der Waals surface area contributed by atoms with Crippen LogP contribution in [0.15, 0.2) is 18.2 Å². The van der Waals surface area contributed by atoms with Gasteiger partial charge in [0.05, 0.1) is 23.8 Å². The zero-order valence-electron chi connectivity index (χ0n) is 9.97. The minimum Gasteiger partial charge on any atom is -0.476 e. The van der Waals surface area contributed by atoms with Crippen molar-refractivity contribution in [3.8, 4) is 5.88 Å². The maximum absolute atomic E-state index is 11.6. The molecular formula is C11H14N2O3S. The van der Waals surface area contributed by atoms with Crippen molar-refractivity contribution in [2.45, 2.75) is 13.8 Å². The van der Waals surface area contributed by atoms with Gasteiger partial charge in [-0.15, -0.1) is 5.10 Å². The summed E-state index contributed by atoms with van der Waals surface area (Å²) in [5.41, 5.74) is 1.58. The Morgan fingerprint density at radius 1 is 1.41 bits per heavy atom. The van der Waals surface area contributed by atoms with E-state index >= 15 is 0 Å². The highest BCUT2D eigenvalue weighted by Gasteiger charge is 2.17. The predicted molar refractivity (Wildman–Crippen MR) is 65.9 cm³/mol. The van der Waals surface area contributed by atoms with Crippen LogP contribution < -0.4 is 4.74 Å². The van der Waals surface area contributed by atoms with Gasteiger partial charge < -0.3 is 4.74 Å². The molecule has 0 radical (unpaired) electrons. The largest absolute Gasteiger partial charge is 0.476 e. The van der Waals surface area contributed by atoms with Crippen molar-refractivity contribution in [3.05, 3.63) is 23.8 Å². The maximum atomic E-state index is 11.6. The number of aryl methyl sites for hydroxylation is 1. The van der Waals surface area contributed by atoms with Crippen LogP contribution in [0.1, 0.15) is 12.5 Å². The molecular weight excluding hydrogens is 240 g/mol. The van der Waals surface area contributed by atoms with Crippen molar-refractivity contribution in [2.24, 2.45) is 0 Å². The van der Waals surface area contributed by atoms with E-state index in [0.717, 1.165) is 21.3 Å². The number of ether oxygens (including phenoxy) is 1. The highest BCUT2D eigenvalue weighted by molar-refractivity contribution is 7.89. The number of hydrogen-bond donors (Lipinski definition) is 0. The summed E-state index contributed by atoms with van der Waals surface area (Å²) < 4.78 is 29.5. The molecule has 1 aromatic carbocycles. The molecule has 0 spiro atoms. The maximum Gasteiger partial charge on any atom is 0.251 e. The molecule has 0 fully saturated rings. The van der Waals surface area contributed by atoms with Gasteiger partial charge in [-0.1, -0.05) is 11.6 Å². The van der Waals surface area contributed by atoms with E-state index in [1.165, 1.54) is 0 Å². The van der Waals surface area contributed by atoms with E-state index in [9.17, 15) is 8.42 Å². The van der Waals surface area contributed by atoms with Crippen molar-refractivity contribution in [1.29, 1.82) is 0 Å². The lowest BCUT2D eigenvalue weighted by Gasteiger charge is -1.98. The van der Waals surface area contributed by atoms with E-state index in [4.69, 9.17) is 4.74 Å². The smallest absolute Gasteiger partial charge is 0.251 e. The van der Waals surface area contributed by atoms with Gasteiger partial charge in [0.25, 0.3) is 10.0 Å². The third-order valence-electron chi connectivity index (χ3n) is 2.37. The fraction of sp³-hybridized carbons (Fsp3) is 0.364. The van der Waals surface area contributed by atoms with Crippen LogP contribution in [0.3, 0.4) is 0 Å². The summed E-state index contributed by atoms with van der Waals surface area (Å²) in [7, 11) is -3.41. The topological polar surface area (TPSA) is 61.2 Å². The van der Waals surface area contributed by atoms with Gasteiger partial charge in [0, 0.05) is 0 Å². The Morgan fingerprint density at radius 3 is 2.71 bits per heavy atom. The van der Waals surface area contributed by atoms with Gasteiger partial charge in [0.2, 0.25) is 5.88 Å². The van der Waals surface area contributed by atoms with E-state index in [2.05, 4.69) is 5.10 Å². The van der Waals surface area contributed by atoms with Crippen LogP contribution in [0.4, 0.5) is 0 Å². The first kappa shape index (κ1) is 11.9. The monoisotopic (exact) mass is 254 g/mol. The number of hydrogen-bond acceptors (Lipinski definition) is 4. The van der Waals surface area contributed by atoms with Crippen LogP contribution in [0.5, 0.6) is 5.88 Å². The van der Waals surface area contributed by atoms with E-state index < -0.39 is 10.0 Å². The Kier molecular flexibility index (Phi) is 2.82. The molecule has 0 bridgehead atoms. The lowest BCUT2D eigenvalue weighted by molar-refractivity contribution is 0.328. The van der Waals surface area contributed by atoms with Crippen molar-refractivity contribution >= 4 is 20.9 Å². The Balaban J connectivity index is 2.80. The molecule has 0 N–H and O–H groups in total. The fourth-order valence-electron chi connectivity index (χ4n) is 1.67. The Hall–Kier alpha value is -1.56. The summed E-state index contributed by atoms with van der Waals surface area (Å²) >= 11 is 0. The number of aromatic nitrogens is 2. The quantitative estimate of drug-likeness (QED) is 0.833. The summed E-state index contributed by atoms with van der Waals surface area (Å²) in [6.07, 6.45) is 1.12. The molecule has 0 aliphatic heterocycles. The third-order valence-corrected chi connectivity index (χ3v) is 3.27. The Morgan fingerprint density at radius 2 is 2.12 bits per heavy atom. The summed E-state index contributed by atoms with van der Waals surface area (Å²) in [6.45, 7) is 4.22. The molecule has 0 aliphatic carbocycles. The van der Waals surface area contributed by atoms with Crippen LogP contribution in [0, 0.1) is 6.92 Å². The van der Waals surface area contributed by atoms with Crippen LogP contribution in [-0.2, 0) is 10.0 Å². The summed E-state index contributed by atoms with van der Waals surface area (Å²) in [5, 5.41) is 4.72. The lowest BCUT2D eigenvalue weighted by Crippen LogP contribution is -2.11. The summed E-state index contributed by atoms with van der Waals surface area (Å²) in [6, 6.07) is 5.46. The second-order valence-electron chi connectivity index (χ2n) is 3.86. The molecule has 0 unspecified atom stereocenters. The van der Waals surface area contributed by atoms with Gasteiger partial charge >= 0.3 is 0 Å². The molecule has 1 aromatic heterocycles. The first-order chi connectivity index (χ1) is 7.93. The van der Waals surface area contributed by atoms with Crippen molar-refractivity contribution in [1.82, 2.24) is 9.19 Å². The van der Waals surface area contributed by atoms with Gasteiger partial charge in [-0.05, 0) is 26.0 Å². The van der Waals surface area contributed by atoms with E-state index in [1.54, 1.807) is 6.07 Å². The average Bonchev–Trinajstić information content (AvgIpc) is 2.57. The van der Waals surface area contributed by atoms with Gasteiger partial charge in [0.15, 0.2) is 0 Å². The zero-order chi connectivity index (χ0) is 12.6. The normalized spacial score (nSPS) is 11.9. The zero-order valence-corrected chi connectivity index (χ0v) is 10.8. The minimum atomic E-state index is -3.41. The lowest BCUT2D eigenvalue weighted by atomic mass is 10.2. The fourth-order valence-corrected chi connectivity index (χ4v) is 2.41. The predicted octanol–water partition coefficient (Wildman–Crippen LogP) is 1.55. The molecule has 6 heteroatoms. The Labute approximate surface area is 100 Å². The van der Waals surface area contributed by atoms with Crippen molar-refractivity contribution < 1.29 is 13.2 Å². The first-order valence-electron chi connectivity index (χ1n) is 5.26. The molecule has 2 rings (SSSR count). The molecule has 92 valence electrons. The standard InChI is InChI=1S/C11H14N2O3S/c1-4-16-11-9-7-8(2)5-6-10(9)13(12-11)17(3,14)15/h5-7H,4H2,1-3H3. The van der Waals surface area contributed by atoms with Crippen molar-refractivity contribution in [3.63, 3.8) is 0 Å². The van der Waals surface area contributed by atoms with Crippen LogP contribution in [-0.4, -0.2) is 30.5 Å². The van der Waals surface area contributed by atoms with Crippen LogP contribution in [0.2, 0.25) is 0 Å². The third kappa shape index (κ3) is 2.12. The second-order valence-corrected chi connectivity index (χ2v) is 5.68. The molecule has 0 saturated heterocycles. The highest BCUT2D eigenvalue weighted by atomic mass is 32.2. The van der Waals surface area contributed by atoms with Crippen molar-refractivity contribution in [2.75, 3.05) is 12.9 Å². The molecule has 5 nitrogen and oxygen atoms in total.